The van der Waals surface area contributed by atoms with E-state index in [9.17, 15) is 19.8 Å². The summed E-state index contributed by atoms with van der Waals surface area (Å²) in [6.07, 6.45) is 1.38. The number of phenols is 1. The van der Waals surface area contributed by atoms with Gasteiger partial charge in [-0.25, -0.2) is 4.79 Å². The van der Waals surface area contributed by atoms with Crippen LogP contribution in [0.4, 0.5) is 0 Å². The third-order valence-electron chi connectivity index (χ3n) is 4.44. The summed E-state index contributed by atoms with van der Waals surface area (Å²) in [6.45, 7) is 7.16. The van der Waals surface area contributed by atoms with Crippen LogP contribution >= 0.6 is 11.6 Å². The number of aromatic hydroxyl groups is 1. The molecule has 0 amide bonds. The molecule has 1 heterocycles. The Morgan fingerprint density at radius 3 is 2.52 bits per heavy atom. The van der Waals surface area contributed by atoms with E-state index in [1.165, 1.54) is 18.3 Å². The number of halogens is 1. The van der Waals surface area contributed by atoms with Crippen LogP contribution in [0.5, 0.6) is 5.75 Å². The van der Waals surface area contributed by atoms with E-state index in [0.29, 0.717) is 21.8 Å². The normalized spacial score (nSPS) is 12.3. The van der Waals surface area contributed by atoms with E-state index < -0.39 is 17.4 Å². The van der Waals surface area contributed by atoms with Crippen molar-refractivity contribution < 1.29 is 19.7 Å². The number of aliphatic hydroxyl groups is 1. The first-order valence-corrected chi connectivity index (χ1v) is 9.12. The molecule has 0 saturated heterocycles. The second-order valence-electron chi connectivity index (χ2n) is 6.68. The van der Waals surface area contributed by atoms with Crippen LogP contribution < -0.4 is 5.43 Å². The zero-order valence-corrected chi connectivity index (χ0v) is 16.6. The number of benzene rings is 1. The van der Waals surface area contributed by atoms with Gasteiger partial charge in [-0.15, -0.1) is 0 Å². The van der Waals surface area contributed by atoms with Crippen LogP contribution in [0.15, 0.2) is 29.2 Å². The Labute approximate surface area is 163 Å². The zero-order chi connectivity index (χ0) is 20.3. The molecule has 27 heavy (non-hydrogen) atoms. The van der Waals surface area contributed by atoms with Gasteiger partial charge in [-0.2, -0.15) is 0 Å². The molecule has 0 fully saturated rings. The highest BCUT2D eigenvalue weighted by Crippen LogP contribution is 2.35. The number of aryl methyl sites for hydroxylation is 1. The summed E-state index contributed by atoms with van der Waals surface area (Å²) in [5, 5.41) is 20.7. The van der Waals surface area contributed by atoms with Crippen molar-refractivity contribution in [3.05, 3.63) is 50.8 Å². The van der Waals surface area contributed by atoms with Gasteiger partial charge in [0.1, 0.15) is 11.3 Å². The minimum absolute atomic E-state index is 0.00522. The molecular formula is C20H24ClNO5. The van der Waals surface area contributed by atoms with Crippen molar-refractivity contribution in [2.45, 2.75) is 33.7 Å². The Bertz CT molecular complexity index is 904. The Balaban J connectivity index is 2.80. The fourth-order valence-electron chi connectivity index (χ4n) is 2.89. The zero-order valence-electron chi connectivity index (χ0n) is 15.8. The van der Waals surface area contributed by atoms with Gasteiger partial charge < -0.3 is 19.5 Å². The van der Waals surface area contributed by atoms with E-state index in [1.807, 2.05) is 13.8 Å². The maximum atomic E-state index is 12.5. The Kier molecular flexibility index (Phi) is 6.68. The molecule has 1 unspecified atom stereocenters. The molecule has 0 radical (unpaired) electrons. The van der Waals surface area contributed by atoms with Crippen LogP contribution in [0, 0.1) is 12.8 Å². The summed E-state index contributed by atoms with van der Waals surface area (Å²) < 4.78 is 6.58. The standard InChI is InChI=1S/C20H24ClNO5/c1-5-27-20(26)14-9-22(17(10-23)11(2)3)16(8-19(14)25)13-7-15(21)12(4)6-18(13)24/h6-9,11,17,23-24H,5,10H2,1-4H3. The number of carbonyl (C=O) groups excluding carboxylic acids is 1. The summed E-state index contributed by atoms with van der Waals surface area (Å²) in [7, 11) is 0. The molecule has 2 N–H and O–H groups in total. The third kappa shape index (κ3) is 4.34. The number of carbonyl (C=O) groups is 1. The third-order valence-corrected chi connectivity index (χ3v) is 4.85. The fourth-order valence-corrected chi connectivity index (χ4v) is 3.06. The van der Waals surface area contributed by atoms with Gasteiger partial charge in [-0.1, -0.05) is 25.4 Å². The highest BCUT2D eigenvalue weighted by molar-refractivity contribution is 6.31. The highest BCUT2D eigenvalue weighted by atomic mass is 35.5. The quantitative estimate of drug-likeness (QED) is 0.732. The largest absolute Gasteiger partial charge is 0.507 e. The minimum Gasteiger partial charge on any atom is -0.507 e. The van der Waals surface area contributed by atoms with E-state index in [-0.39, 0.29) is 30.4 Å². The molecule has 0 aliphatic rings. The van der Waals surface area contributed by atoms with Crippen LogP contribution in [0.3, 0.4) is 0 Å². The molecule has 7 heteroatoms. The van der Waals surface area contributed by atoms with Gasteiger partial charge >= 0.3 is 5.97 Å². The second kappa shape index (κ2) is 8.59. The molecule has 6 nitrogen and oxygen atoms in total. The van der Waals surface area contributed by atoms with Crippen LogP contribution in [-0.4, -0.2) is 34.0 Å². The molecule has 2 aromatic rings. The van der Waals surface area contributed by atoms with Crippen molar-refractivity contribution in [1.29, 1.82) is 0 Å². The number of esters is 1. The average Bonchev–Trinajstić information content (AvgIpc) is 2.59. The molecule has 1 atom stereocenters. The Hall–Kier alpha value is -2.31. The number of nitrogens with zero attached hydrogens (tertiary/aromatic N) is 1. The maximum absolute atomic E-state index is 12.5. The van der Waals surface area contributed by atoms with Crippen molar-refractivity contribution in [3.63, 3.8) is 0 Å². The van der Waals surface area contributed by atoms with E-state index in [4.69, 9.17) is 16.3 Å². The first-order valence-electron chi connectivity index (χ1n) is 8.74. The van der Waals surface area contributed by atoms with Crippen molar-refractivity contribution in [2.24, 2.45) is 5.92 Å². The number of rotatable bonds is 6. The van der Waals surface area contributed by atoms with Gasteiger partial charge in [0, 0.05) is 22.8 Å². The predicted octanol–water partition coefficient (Wildman–Crippen LogP) is 3.55. The number of ether oxygens (including phenoxy) is 1. The monoisotopic (exact) mass is 393 g/mol. The van der Waals surface area contributed by atoms with Crippen LogP contribution in [0.1, 0.15) is 42.7 Å². The van der Waals surface area contributed by atoms with Crippen molar-refractivity contribution >= 4 is 17.6 Å². The van der Waals surface area contributed by atoms with Gasteiger partial charge in [-0.3, -0.25) is 4.79 Å². The number of aliphatic hydroxyl groups excluding tert-OH is 1. The second-order valence-corrected chi connectivity index (χ2v) is 7.08. The van der Waals surface area contributed by atoms with Gasteiger partial charge in [0.15, 0.2) is 5.43 Å². The Morgan fingerprint density at radius 1 is 1.30 bits per heavy atom. The summed E-state index contributed by atoms with van der Waals surface area (Å²) in [5.41, 5.74) is 0.739. The van der Waals surface area contributed by atoms with E-state index in [0.717, 1.165) is 0 Å². The number of aromatic nitrogens is 1. The van der Waals surface area contributed by atoms with Crippen LogP contribution in [0.2, 0.25) is 5.02 Å². The number of phenolic OH excluding ortho intramolecular Hbond substituents is 1. The van der Waals surface area contributed by atoms with Crippen LogP contribution in [0.25, 0.3) is 11.3 Å². The van der Waals surface area contributed by atoms with Gasteiger partial charge in [0.25, 0.3) is 0 Å². The fraction of sp³-hybridized carbons (Fsp3) is 0.400. The Morgan fingerprint density at radius 2 is 1.96 bits per heavy atom. The molecule has 0 saturated carbocycles. The smallest absolute Gasteiger partial charge is 0.343 e. The number of hydrogen-bond acceptors (Lipinski definition) is 5. The SMILES string of the molecule is CCOC(=O)c1cn(C(CO)C(C)C)c(-c2cc(Cl)c(C)cc2O)cc1=O. The summed E-state index contributed by atoms with van der Waals surface area (Å²) in [5.74, 6) is -0.779. The average molecular weight is 394 g/mol. The van der Waals surface area contributed by atoms with Crippen molar-refractivity contribution in [3.8, 4) is 17.0 Å². The summed E-state index contributed by atoms with van der Waals surface area (Å²) in [6, 6.07) is 3.91. The van der Waals surface area contributed by atoms with Crippen LogP contribution in [-0.2, 0) is 4.74 Å². The van der Waals surface area contributed by atoms with Crippen molar-refractivity contribution in [2.75, 3.05) is 13.2 Å². The van der Waals surface area contributed by atoms with E-state index >= 15 is 0 Å². The number of pyridine rings is 1. The molecule has 2 rings (SSSR count). The molecular weight excluding hydrogens is 370 g/mol. The highest BCUT2D eigenvalue weighted by Gasteiger charge is 2.23. The molecule has 0 bridgehead atoms. The molecule has 0 aliphatic heterocycles. The molecule has 1 aromatic carbocycles. The lowest BCUT2D eigenvalue weighted by Gasteiger charge is -2.26. The summed E-state index contributed by atoms with van der Waals surface area (Å²) >= 11 is 6.20. The van der Waals surface area contributed by atoms with Gasteiger partial charge in [0.2, 0.25) is 0 Å². The lowest BCUT2D eigenvalue weighted by molar-refractivity contribution is 0.0523. The minimum atomic E-state index is -0.727. The molecule has 0 spiro atoms. The van der Waals surface area contributed by atoms with E-state index in [1.54, 1.807) is 24.5 Å². The van der Waals surface area contributed by atoms with Gasteiger partial charge in [0.05, 0.1) is 24.9 Å². The van der Waals surface area contributed by atoms with E-state index in [2.05, 4.69) is 0 Å². The lowest BCUT2D eigenvalue weighted by Crippen LogP contribution is -2.26. The topological polar surface area (TPSA) is 88.8 Å². The first kappa shape index (κ1) is 21.0. The first-order chi connectivity index (χ1) is 12.7. The summed E-state index contributed by atoms with van der Waals surface area (Å²) in [4.78, 5) is 24.7. The van der Waals surface area contributed by atoms with Crippen molar-refractivity contribution in [1.82, 2.24) is 4.57 Å². The molecule has 146 valence electrons. The van der Waals surface area contributed by atoms with Gasteiger partial charge in [-0.05, 0) is 37.5 Å². The predicted molar refractivity (Wildman–Crippen MR) is 104 cm³/mol. The molecule has 1 aromatic heterocycles. The number of hydrogen-bond donors (Lipinski definition) is 2. The maximum Gasteiger partial charge on any atom is 0.343 e. The molecule has 0 aliphatic carbocycles. The lowest BCUT2D eigenvalue weighted by atomic mass is 10.0.